The molecule has 0 aromatic rings. The summed E-state index contributed by atoms with van der Waals surface area (Å²) in [6, 6.07) is -0.831. The maximum absolute atomic E-state index is 12.5. The van der Waals surface area contributed by atoms with E-state index in [0.717, 1.165) is 44.9 Å². The van der Waals surface area contributed by atoms with Crippen molar-refractivity contribution in [1.29, 1.82) is 0 Å². The largest absolute Gasteiger partial charge is 0.394 e. The number of amides is 1. The summed E-state index contributed by atoms with van der Waals surface area (Å²) < 4.78 is 0. The van der Waals surface area contributed by atoms with Gasteiger partial charge in [0.25, 0.3) is 0 Å². The van der Waals surface area contributed by atoms with Crippen LogP contribution in [0.25, 0.3) is 0 Å². The molecule has 0 spiro atoms. The third-order valence-corrected chi connectivity index (χ3v) is 12.4. The third kappa shape index (κ3) is 44.6. The highest BCUT2D eigenvalue weighted by atomic mass is 16.3. The van der Waals surface area contributed by atoms with Crippen molar-refractivity contribution in [2.75, 3.05) is 6.61 Å². The number of nitrogens with one attached hydrogen (secondary N) is 1. The minimum absolute atomic E-state index is 0.156. The summed E-state index contributed by atoms with van der Waals surface area (Å²) in [7, 11) is 0. The van der Waals surface area contributed by atoms with Gasteiger partial charge in [0, 0.05) is 6.42 Å². The highest BCUT2D eigenvalue weighted by Gasteiger charge is 2.26. The maximum atomic E-state index is 12.5. The normalized spacial score (nSPS) is 13.6. The van der Waals surface area contributed by atoms with Crippen molar-refractivity contribution >= 4 is 5.91 Å². The molecule has 3 atom stereocenters. The highest BCUT2D eigenvalue weighted by Crippen LogP contribution is 2.16. The van der Waals surface area contributed by atoms with Crippen molar-refractivity contribution in [2.24, 2.45) is 0 Å². The van der Waals surface area contributed by atoms with Gasteiger partial charge in [0.2, 0.25) is 5.91 Å². The number of hydrogen-bond donors (Lipinski definition) is 4. The van der Waals surface area contributed by atoms with Gasteiger partial charge < -0.3 is 20.6 Å². The van der Waals surface area contributed by atoms with Gasteiger partial charge in [-0.3, -0.25) is 4.79 Å². The number of aliphatic hydroxyl groups is 3. The molecule has 5 nitrogen and oxygen atoms in total. The molecule has 0 rings (SSSR count). The second-order valence-corrected chi connectivity index (χ2v) is 18.4. The molecule has 0 aliphatic heterocycles. The van der Waals surface area contributed by atoms with E-state index in [-0.39, 0.29) is 12.5 Å². The van der Waals surface area contributed by atoms with Crippen LogP contribution in [0.2, 0.25) is 0 Å². The molecule has 0 saturated heterocycles. The van der Waals surface area contributed by atoms with Gasteiger partial charge in [-0.25, -0.2) is 0 Å². The molecule has 0 aromatic heterocycles. The van der Waals surface area contributed by atoms with Crippen LogP contribution in [-0.2, 0) is 4.79 Å². The Kier molecular flexibility index (Phi) is 49.0. The second kappa shape index (κ2) is 50.2. The predicted octanol–water partition coefficient (Wildman–Crippen LogP) is 16.3. The quantitative estimate of drug-likeness (QED) is 0.0363. The Hall–Kier alpha value is -1.43. The molecular formula is C55H105NO4. The van der Waals surface area contributed by atoms with Crippen LogP contribution in [0.4, 0.5) is 0 Å². The SMILES string of the molecule is CCCCCCCC/C=C/CC/C=C/CCCC(O)C(O)C(CO)NC(=O)CCCCCCCCCCCCCCCCC/C=C\CCCCCCCCCCCCCC. The van der Waals surface area contributed by atoms with Crippen molar-refractivity contribution in [2.45, 2.75) is 302 Å². The average molecular weight is 844 g/mol. The Morgan fingerprint density at radius 1 is 0.400 bits per heavy atom. The van der Waals surface area contributed by atoms with Gasteiger partial charge in [-0.1, -0.05) is 237 Å². The minimum atomic E-state index is -1.17. The lowest BCUT2D eigenvalue weighted by Gasteiger charge is -2.26. The number of rotatable bonds is 49. The summed E-state index contributed by atoms with van der Waals surface area (Å²) in [5, 5.41) is 33.6. The molecule has 0 bridgehead atoms. The van der Waals surface area contributed by atoms with Crippen LogP contribution >= 0.6 is 0 Å². The fourth-order valence-electron chi connectivity index (χ4n) is 8.29. The molecule has 0 saturated carbocycles. The summed E-state index contributed by atoms with van der Waals surface area (Å²) in [5.74, 6) is -0.156. The first kappa shape index (κ1) is 58.6. The molecule has 0 aliphatic carbocycles. The molecular weight excluding hydrogens is 739 g/mol. The second-order valence-electron chi connectivity index (χ2n) is 18.4. The van der Waals surface area contributed by atoms with Crippen LogP contribution < -0.4 is 5.32 Å². The number of carbonyl (C=O) groups is 1. The van der Waals surface area contributed by atoms with Crippen LogP contribution in [-0.4, -0.2) is 46.1 Å². The lowest BCUT2D eigenvalue weighted by atomic mass is 10.0. The van der Waals surface area contributed by atoms with E-state index in [2.05, 4.69) is 55.6 Å². The molecule has 0 heterocycles. The first-order valence-electron chi connectivity index (χ1n) is 26.8. The van der Waals surface area contributed by atoms with Gasteiger partial charge in [0.15, 0.2) is 0 Å². The molecule has 4 N–H and O–H groups in total. The van der Waals surface area contributed by atoms with E-state index in [4.69, 9.17) is 0 Å². The molecule has 0 aliphatic rings. The standard InChI is InChI=1S/C55H105NO4/c1-3-5-7-9-11-13-15-17-19-20-21-22-23-24-25-26-27-28-29-30-31-32-33-34-36-38-40-42-44-46-48-50-54(59)56-52(51-57)55(60)53(58)49-47-45-43-41-39-37-35-18-16-14-12-10-8-6-4-2/h18,24-25,35,41,43,52-53,55,57-58,60H,3-17,19-23,26-34,36-40,42,44-51H2,1-2H3,(H,56,59)/b25-24-,35-18+,43-41+. The minimum Gasteiger partial charge on any atom is -0.394 e. The Balaban J connectivity index is 3.53. The molecule has 60 heavy (non-hydrogen) atoms. The molecule has 354 valence electrons. The van der Waals surface area contributed by atoms with Crippen molar-refractivity contribution in [3.8, 4) is 0 Å². The zero-order chi connectivity index (χ0) is 43.7. The van der Waals surface area contributed by atoms with Gasteiger partial charge in [-0.05, 0) is 77.0 Å². The van der Waals surface area contributed by atoms with Crippen molar-refractivity contribution in [3.05, 3.63) is 36.5 Å². The summed E-state index contributed by atoms with van der Waals surface area (Å²) >= 11 is 0. The molecule has 3 unspecified atom stereocenters. The van der Waals surface area contributed by atoms with E-state index in [9.17, 15) is 20.1 Å². The van der Waals surface area contributed by atoms with E-state index < -0.39 is 18.2 Å². The number of carbonyl (C=O) groups excluding carboxylic acids is 1. The van der Waals surface area contributed by atoms with Crippen LogP contribution in [0.15, 0.2) is 36.5 Å². The summed E-state index contributed by atoms with van der Waals surface area (Å²) in [5.41, 5.74) is 0. The topological polar surface area (TPSA) is 89.8 Å². The first-order chi connectivity index (χ1) is 29.6. The third-order valence-electron chi connectivity index (χ3n) is 12.4. The van der Waals surface area contributed by atoms with Gasteiger partial charge in [-0.2, -0.15) is 0 Å². The Bertz CT molecular complexity index is 931. The summed E-state index contributed by atoms with van der Waals surface area (Å²) in [4.78, 5) is 12.5. The zero-order valence-corrected chi connectivity index (χ0v) is 40.4. The lowest BCUT2D eigenvalue weighted by Crippen LogP contribution is -2.50. The maximum Gasteiger partial charge on any atom is 0.220 e. The number of aliphatic hydroxyl groups excluding tert-OH is 3. The smallest absolute Gasteiger partial charge is 0.220 e. The fourth-order valence-corrected chi connectivity index (χ4v) is 8.29. The van der Waals surface area contributed by atoms with E-state index in [0.29, 0.717) is 12.8 Å². The van der Waals surface area contributed by atoms with Crippen molar-refractivity contribution < 1.29 is 20.1 Å². The number of hydrogen-bond acceptors (Lipinski definition) is 4. The van der Waals surface area contributed by atoms with Crippen LogP contribution in [0.3, 0.4) is 0 Å². The van der Waals surface area contributed by atoms with Crippen molar-refractivity contribution in [3.63, 3.8) is 0 Å². The zero-order valence-electron chi connectivity index (χ0n) is 40.4. The van der Waals surface area contributed by atoms with Crippen LogP contribution in [0.1, 0.15) is 284 Å². The van der Waals surface area contributed by atoms with Crippen LogP contribution in [0, 0.1) is 0 Å². The molecule has 0 fully saturated rings. The molecule has 1 amide bonds. The van der Waals surface area contributed by atoms with E-state index >= 15 is 0 Å². The van der Waals surface area contributed by atoms with Crippen molar-refractivity contribution in [1.82, 2.24) is 5.32 Å². The molecule has 0 radical (unpaired) electrons. The lowest BCUT2D eigenvalue weighted by molar-refractivity contribution is -0.124. The Labute approximate surface area is 374 Å². The van der Waals surface area contributed by atoms with Gasteiger partial charge >= 0.3 is 0 Å². The van der Waals surface area contributed by atoms with Gasteiger partial charge in [-0.15, -0.1) is 0 Å². The van der Waals surface area contributed by atoms with Crippen LogP contribution in [0.5, 0.6) is 0 Å². The first-order valence-corrected chi connectivity index (χ1v) is 26.8. The van der Waals surface area contributed by atoms with E-state index in [1.807, 2.05) is 0 Å². The fraction of sp³-hybridized carbons (Fsp3) is 0.873. The monoisotopic (exact) mass is 844 g/mol. The number of allylic oxidation sites excluding steroid dienone is 6. The Morgan fingerprint density at radius 3 is 1.02 bits per heavy atom. The van der Waals surface area contributed by atoms with E-state index in [1.54, 1.807) is 0 Å². The van der Waals surface area contributed by atoms with Gasteiger partial charge in [0.05, 0.1) is 18.8 Å². The molecule has 0 aromatic carbocycles. The highest BCUT2D eigenvalue weighted by molar-refractivity contribution is 5.76. The summed E-state index contributed by atoms with van der Waals surface area (Å²) in [6.45, 7) is 4.17. The molecule has 5 heteroatoms. The number of unbranched alkanes of at least 4 members (excludes halogenated alkanes) is 35. The predicted molar refractivity (Wildman–Crippen MR) is 264 cm³/mol. The summed E-state index contributed by atoms with van der Waals surface area (Å²) in [6.07, 6.45) is 64.4. The average Bonchev–Trinajstić information content (AvgIpc) is 3.25. The Morgan fingerprint density at radius 2 is 0.683 bits per heavy atom. The van der Waals surface area contributed by atoms with Gasteiger partial charge in [0.1, 0.15) is 6.10 Å². The van der Waals surface area contributed by atoms with E-state index in [1.165, 1.54) is 212 Å².